The van der Waals surface area contributed by atoms with Gasteiger partial charge in [0.2, 0.25) is 0 Å². The molecule has 0 fully saturated rings. The summed E-state index contributed by atoms with van der Waals surface area (Å²) >= 11 is 7.16. The van der Waals surface area contributed by atoms with Crippen LogP contribution in [-0.2, 0) is 6.42 Å². The van der Waals surface area contributed by atoms with Crippen LogP contribution in [0.1, 0.15) is 11.3 Å². The van der Waals surface area contributed by atoms with E-state index in [0.29, 0.717) is 12.1 Å². The summed E-state index contributed by atoms with van der Waals surface area (Å²) in [5, 5.41) is 2.10. The molecule has 0 bridgehead atoms. The highest BCUT2D eigenvalue weighted by Gasteiger charge is 2.31. The maximum absolute atomic E-state index is 12.6. The van der Waals surface area contributed by atoms with Crippen molar-refractivity contribution in [3.63, 3.8) is 0 Å². The molecule has 0 aliphatic heterocycles. The molecule has 0 atom stereocenters. The van der Waals surface area contributed by atoms with Gasteiger partial charge in [-0.1, -0.05) is 37.9 Å². The van der Waals surface area contributed by atoms with Crippen molar-refractivity contribution in [3.8, 4) is 11.4 Å². The van der Waals surface area contributed by atoms with Crippen molar-refractivity contribution in [3.05, 3.63) is 93.1 Å². The first kappa shape index (κ1) is 21.2. The molecule has 0 spiro atoms. The third kappa shape index (κ3) is 4.29. The van der Waals surface area contributed by atoms with Gasteiger partial charge in [0, 0.05) is 55.3 Å². The zero-order chi connectivity index (χ0) is 22.5. The number of benzene rings is 3. The molecule has 162 valence electrons. The van der Waals surface area contributed by atoms with Crippen LogP contribution in [0.2, 0.25) is 0 Å². The normalized spacial score (nSPS) is 12.0. The van der Waals surface area contributed by atoms with Crippen LogP contribution in [0.4, 0.5) is 13.2 Å². The first-order valence-corrected chi connectivity index (χ1v) is 11.3. The second-order valence-electron chi connectivity index (χ2n) is 7.44. The molecule has 5 aromatic rings. The van der Waals surface area contributed by atoms with Crippen LogP contribution in [-0.4, -0.2) is 15.9 Å². The molecule has 3 aromatic carbocycles. The molecular formula is C24H15Br2F3N2O. The lowest BCUT2D eigenvalue weighted by atomic mass is 10.1. The van der Waals surface area contributed by atoms with Gasteiger partial charge in [-0.3, -0.25) is 0 Å². The second kappa shape index (κ2) is 8.01. The topological polar surface area (TPSA) is 29.9 Å². The van der Waals surface area contributed by atoms with Gasteiger partial charge in [-0.2, -0.15) is 0 Å². The van der Waals surface area contributed by atoms with E-state index in [-0.39, 0.29) is 5.75 Å². The maximum Gasteiger partial charge on any atom is 0.573 e. The Labute approximate surface area is 198 Å². The zero-order valence-corrected chi connectivity index (χ0v) is 19.6. The highest BCUT2D eigenvalue weighted by Crippen LogP contribution is 2.31. The molecule has 5 rings (SSSR count). The number of fused-ring (bicyclic) bond motifs is 2. The van der Waals surface area contributed by atoms with Crippen molar-refractivity contribution < 1.29 is 17.9 Å². The van der Waals surface area contributed by atoms with E-state index in [4.69, 9.17) is 0 Å². The van der Waals surface area contributed by atoms with Crippen LogP contribution in [0.25, 0.3) is 27.5 Å². The lowest BCUT2D eigenvalue weighted by Gasteiger charge is -2.12. The van der Waals surface area contributed by atoms with Crippen molar-refractivity contribution >= 4 is 53.7 Å². The minimum Gasteiger partial charge on any atom is -0.406 e. The fourth-order valence-corrected chi connectivity index (χ4v) is 4.73. The fraction of sp³-hybridized carbons (Fsp3) is 0.0833. The maximum atomic E-state index is 12.6. The largest absolute Gasteiger partial charge is 0.573 e. The number of hydrogen-bond acceptors (Lipinski definition) is 1. The van der Waals surface area contributed by atoms with Crippen molar-refractivity contribution in [2.45, 2.75) is 12.8 Å². The molecule has 1 N–H and O–H groups in total. The van der Waals surface area contributed by atoms with Crippen molar-refractivity contribution in [1.29, 1.82) is 0 Å². The van der Waals surface area contributed by atoms with Gasteiger partial charge in [0.1, 0.15) is 5.75 Å². The van der Waals surface area contributed by atoms with Gasteiger partial charge in [-0.25, -0.2) is 0 Å². The number of ether oxygens (including phenoxy) is 1. The Balaban J connectivity index is 1.53. The molecule has 0 saturated heterocycles. The third-order valence-corrected chi connectivity index (χ3v) is 6.44. The Bertz CT molecular complexity index is 1450. The van der Waals surface area contributed by atoms with E-state index in [1.54, 1.807) is 12.1 Å². The van der Waals surface area contributed by atoms with Gasteiger partial charge in [-0.15, -0.1) is 13.2 Å². The molecular weight excluding hydrogens is 549 g/mol. The predicted molar refractivity (Wildman–Crippen MR) is 126 cm³/mol. The third-order valence-electron chi connectivity index (χ3n) is 5.21. The quantitative estimate of drug-likeness (QED) is 0.235. The Morgan fingerprint density at radius 3 is 2.56 bits per heavy atom. The fourth-order valence-electron chi connectivity index (χ4n) is 3.85. The highest BCUT2D eigenvalue weighted by molar-refractivity contribution is 9.10. The van der Waals surface area contributed by atoms with Crippen LogP contribution in [0.5, 0.6) is 5.75 Å². The van der Waals surface area contributed by atoms with E-state index in [1.807, 2.05) is 35.0 Å². The number of H-pyrrole nitrogens is 1. The van der Waals surface area contributed by atoms with E-state index in [2.05, 4.69) is 59.8 Å². The van der Waals surface area contributed by atoms with E-state index in [9.17, 15) is 13.2 Å². The van der Waals surface area contributed by atoms with Crippen LogP contribution >= 0.6 is 31.9 Å². The van der Waals surface area contributed by atoms with Crippen molar-refractivity contribution in [2.75, 3.05) is 0 Å². The standard InChI is InChI=1S/C24H15Br2F3N2O/c25-17-4-5-22-16(8-17)10-18(30-22)9-15-12-23-14(11-21(15)26)6-7-31(23)19-2-1-3-20(13-19)32-24(27,28)29/h1-8,10-13,30H,9H2. The van der Waals surface area contributed by atoms with E-state index < -0.39 is 6.36 Å². The number of aromatic nitrogens is 2. The van der Waals surface area contributed by atoms with Gasteiger partial charge in [0.15, 0.2) is 0 Å². The molecule has 8 heteroatoms. The Kier molecular flexibility index (Phi) is 5.29. The Hall–Kier alpha value is -2.71. The van der Waals surface area contributed by atoms with Crippen LogP contribution < -0.4 is 4.74 Å². The molecule has 0 aliphatic carbocycles. The SMILES string of the molecule is FC(F)(F)Oc1cccc(-n2ccc3cc(Br)c(Cc4cc5cc(Br)ccc5[nH]4)cc32)c1. The number of hydrogen-bond donors (Lipinski definition) is 1. The monoisotopic (exact) mass is 562 g/mol. The molecule has 0 saturated carbocycles. The lowest BCUT2D eigenvalue weighted by Crippen LogP contribution is -2.17. The van der Waals surface area contributed by atoms with E-state index >= 15 is 0 Å². The average Bonchev–Trinajstić information content (AvgIpc) is 3.30. The molecule has 0 radical (unpaired) electrons. The number of aromatic amines is 1. The number of halogens is 5. The number of nitrogens with one attached hydrogen (secondary N) is 1. The highest BCUT2D eigenvalue weighted by atomic mass is 79.9. The molecule has 0 unspecified atom stereocenters. The number of nitrogens with zero attached hydrogens (tertiary/aromatic N) is 1. The lowest BCUT2D eigenvalue weighted by molar-refractivity contribution is -0.274. The first-order valence-electron chi connectivity index (χ1n) is 9.68. The van der Waals surface area contributed by atoms with Crippen molar-refractivity contribution in [2.24, 2.45) is 0 Å². The van der Waals surface area contributed by atoms with Gasteiger partial charge < -0.3 is 14.3 Å². The number of rotatable bonds is 4. The van der Waals surface area contributed by atoms with Gasteiger partial charge in [-0.05, 0) is 60.2 Å². The smallest absolute Gasteiger partial charge is 0.406 e. The van der Waals surface area contributed by atoms with Gasteiger partial charge in [0.05, 0.1) is 5.52 Å². The van der Waals surface area contributed by atoms with Crippen molar-refractivity contribution in [1.82, 2.24) is 9.55 Å². The molecule has 0 amide bonds. The Morgan fingerprint density at radius 2 is 1.75 bits per heavy atom. The summed E-state index contributed by atoms with van der Waals surface area (Å²) in [4.78, 5) is 3.44. The molecule has 2 heterocycles. The van der Waals surface area contributed by atoms with Gasteiger partial charge in [0.25, 0.3) is 0 Å². The zero-order valence-electron chi connectivity index (χ0n) is 16.4. The minimum absolute atomic E-state index is 0.251. The second-order valence-corrected chi connectivity index (χ2v) is 9.21. The van der Waals surface area contributed by atoms with Gasteiger partial charge >= 0.3 is 6.36 Å². The summed E-state index contributed by atoms with van der Waals surface area (Å²) in [5.74, 6) is -0.251. The predicted octanol–water partition coefficient (Wildman–Crippen LogP) is 8.13. The average molecular weight is 564 g/mol. The number of alkyl halides is 3. The van der Waals surface area contributed by atoms with E-state index in [0.717, 1.165) is 42.0 Å². The van der Waals surface area contributed by atoms with Crippen LogP contribution in [0.3, 0.4) is 0 Å². The molecule has 32 heavy (non-hydrogen) atoms. The van der Waals surface area contributed by atoms with Crippen LogP contribution in [0, 0.1) is 0 Å². The molecule has 2 aromatic heterocycles. The Morgan fingerprint density at radius 1 is 0.906 bits per heavy atom. The summed E-state index contributed by atoms with van der Waals surface area (Å²) in [7, 11) is 0. The van der Waals surface area contributed by atoms with Crippen LogP contribution in [0.15, 0.2) is 81.9 Å². The minimum atomic E-state index is -4.73. The summed E-state index contributed by atoms with van der Waals surface area (Å²) in [6, 6.07) is 20.2. The van der Waals surface area contributed by atoms with E-state index in [1.165, 1.54) is 12.1 Å². The summed E-state index contributed by atoms with van der Waals surface area (Å²) in [6.45, 7) is 0. The summed E-state index contributed by atoms with van der Waals surface area (Å²) in [6.07, 6.45) is -2.22. The summed E-state index contributed by atoms with van der Waals surface area (Å²) < 4.78 is 45.8. The molecule has 0 aliphatic rings. The molecule has 3 nitrogen and oxygen atoms in total. The summed E-state index contributed by atoms with van der Waals surface area (Å²) in [5.41, 5.74) is 4.67. The first-order chi connectivity index (χ1) is 15.2.